The summed E-state index contributed by atoms with van der Waals surface area (Å²) in [4.78, 5) is 16.3. The Morgan fingerprint density at radius 1 is 1.38 bits per heavy atom. The topological polar surface area (TPSA) is 74.8 Å². The maximum atomic E-state index is 12.1. The molecule has 24 heavy (non-hydrogen) atoms. The first-order valence-electron chi connectivity index (χ1n) is 8.24. The van der Waals surface area contributed by atoms with E-state index in [1.165, 1.54) is 0 Å². The number of carbonyl (C=O) groups is 1. The first kappa shape index (κ1) is 19.0. The predicted molar refractivity (Wildman–Crippen MR) is 106 cm³/mol. The number of ether oxygens (including phenoxy) is 1. The van der Waals surface area contributed by atoms with Crippen LogP contribution in [-0.2, 0) is 9.53 Å². The number of nitrogens with one attached hydrogen (secondary N) is 3. The first-order chi connectivity index (χ1) is 11.3. The van der Waals surface area contributed by atoms with E-state index in [1.54, 1.807) is 7.05 Å². The van der Waals surface area contributed by atoms with E-state index in [1.807, 2.05) is 24.3 Å². The van der Waals surface area contributed by atoms with Crippen LogP contribution in [0.4, 0.5) is 5.69 Å². The molecule has 1 amide bonds. The van der Waals surface area contributed by atoms with Gasteiger partial charge >= 0.3 is 0 Å². The molecule has 3 rings (SSSR count). The average Bonchev–Trinajstić information content (AvgIpc) is 3.18. The van der Waals surface area contributed by atoms with Crippen LogP contribution >= 0.6 is 24.0 Å². The Labute approximate surface area is 159 Å². The summed E-state index contributed by atoms with van der Waals surface area (Å²) >= 11 is 0. The largest absolute Gasteiger partial charge is 0.376 e. The fourth-order valence-electron chi connectivity index (χ4n) is 3.13. The van der Waals surface area contributed by atoms with Crippen molar-refractivity contribution in [2.24, 2.45) is 4.99 Å². The Kier molecular flexibility index (Phi) is 7.29. The molecule has 1 aromatic rings. The lowest BCUT2D eigenvalue weighted by Crippen LogP contribution is -2.41. The third-order valence-corrected chi connectivity index (χ3v) is 4.38. The Morgan fingerprint density at radius 3 is 2.96 bits per heavy atom. The van der Waals surface area contributed by atoms with Crippen molar-refractivity contribution in [2.75, 3.05) is 32.1 Å². The molecule has 0 spiro atoms. The third-order valence-electron chi connectivity index (χ3n) is 4.38. The number of aliphatic imine (C=N–C) groups is 1. The number of nitrogens with zero attached hydrogens (tertiary/aromatic N) is 1. The van der Waals surface area contributed by atoms with Gasteiger partial charge in [-0.25, -0.2) is 0 Å². The maximum absolute atomic E-state index is 12.1. The zero-order chi connectivity index (χ0) is 16.1. The van der Waals surface area contributed by atoms with E-state index in [4.69, 9.17) is 4.74 Å². The lowest BCUT2D eigenvalue weighted by Gasteiger charge is -2.16. The summed E-state index contributed by atoms with van der Waals surface area (Å²) in [7, 11) is 1.75. The van der Waals surface area contributed by atoms with Crippen LogP contribution in [0.1, 0.15) is 30.7 Å². The van der Waals surface area contributed by atoms with E-state index in [-0.39, 0.29) is 41.9 Å². The van der Waals surface area contributed by atoms with Gasteiger partial charge in [-0.1, -0.05) is 18.2 Å². The number of fused-ring (bicyclic) bond motifs is 1. The van der Waals surface area contributed by atoms with E-state index in [9.17, 15) is 4.79 Å². The number of rotatable bonds is 5. The second-order valence-electron chi connectivity index (χ2n) is 5.93. The minimum atomic E-state index is -0.0880. The third kappa shape index (κ3) is 4.60. The number of halogens is 1. The number of amides is 1. The van der Waals surface area contributed by atoms with Gasteiger partial charge in [0.1, 0.15) is 0 Å². The Hall–Kier alpha value is -1.35. The molecule has 0 aliphatic carbocycles. The van der Waals surface area contributed by atoms with Crippen LogP contribution in [0.25, 0.3) is 0 Å². The molecule has 6 nitrogen and oxygen atoms in total. The van der Waals surface area contributed by atoms with Gasteiger partial charge in [0.25, 0.3) is 0 Å². The van der Waals surface area contributed by atoms with E-state index in [2.05, 4.69) is 20.9 Å². The molecule has 2 heterocycles. The summed E-state index contributed by atoms with van der Waals surface area (Å²) in [5.74, 6) is 0.748. The highest BCUT2D eigenvalue weighted by Gasteiger charge is 2.29. The molecule has 1 aromatic carbocycles. The fraction of sp³-hybridized carbons (Fsp3) is 0.529. The number of anilines is 1. The van der Waals surface area contributed by atoms with Crippen LogP contribution in [0, 0.1) is 0 Å². The van der Waals surface area contributed by atoms with Gasteiger partial charge < -0.3 is 20.7 Å². The summed E-state index contributed by atoms with van der Waals surface area (Å²) in [6.07, 6.45) is 3.25. The van der Waals surface area contributed by atoms with Crippen LogP contribution in [0.15, 0.2) is 29.3 Å². The first-order valence-corrected chi connectivity index (χ1v) is 8.24. The predicted octanol–water partition coefficient (Wildman–Crippen LogP) is 2.07. The van der Waals surface area contributed by atoms with Crippen LogP contribution in [0.3, 0.4) is 0 Å². The SMILES string of the molecule is CN=C(NCCC1C(=O)Nc2ccccc21)NCC1CCCO1.I. The van der Waals surface area contributed by atoms with E-state index < -0.39 is 0 Å². The van der Waals surface area contributed by atoms with E-state index in [0.29, 0.717) is 6.54 Å². The molecule has 0 saturated carbocycles. The lowest BCUT2D eigenvalue weighted by molar-refractivity contribution is -0.117. The van der Waals surface area contributed by atoms with Gasteiger partial charge in [0, 0.05) is 32.4 Å². The van der Waals surface area contributed by atoms with E-state index in [0.717, 1.165) is 49.6 Å². The molecule has 0 radical (unpaired) electrons. The molecule has 2 aliphatic heterocycles. The molecule has 7 heteroatoms. The van der Waals surface area contributed by atoms with Crippen LogP contribution in [0.2, 0.25) is 0 Å². The van der Waals surface area contributed by atoms with Crippen molar-refractivity contribution in [1.82, 2.24) is 10.6 Å². The number of guanidine groups is 1. The minimum absolute atomic E-state index is 0. The lowest BCUT2D eigenvalue weighted by atomic mass is 9.97. The summed E-state index contributed by atoms with van der Waals surface area (Å²) in [6, 6.07) is 7.88. The average molecular weight is 444 g/mol. The second kappa shape index (κ2) is 9.22. The van der Waals surface area contributed by atoms with Crippen LogP contribution in [-0.4, -0.2) is 44.7 Å². The molecule has 2 aliphatic rings. The Morgan fingerprint density at radius 2 is 2.21 bits per heavy atom. The molecular formula is C17H25IN4O2. The number of hydrogen-bond acceptors (Lipinski definition) is 3. The van der Waals surface area contributed by atoms with Crippen molar-refractivity contribution in [3.05, 3.63) is 29.8 Å². The Balaban J connectivity index is 0.00000208. The summed E-state index contributed by atoms with van der Waals surface area (Å²) in [5.41, 5.74) is 2.02. The van der Waals surface area contributed by atoms with Gasteiger partial charge in [0.2, 0.25) is 5.91 Å². The molecule has 2 atom stereocenters. The van der Waals surface area contributed by atoms with Crippen molar-refractivity contribution >= 4 is 41.5 Å². The smallest absolute Gasteiger partial charge is 0.232 e. The molecular weight excluding hydrogens is 419 g/mol. The van der Waals surface area contributed by atoms with Crippen LogP contribution < -0.4 is 16.0 Å². The highest BCUT2D eigenvalue weighted by atomic mass is 127. The quantitative estimate of drug-likeness (QED) is 0.370. The Bertz CT molecular complexity index is 588. The van der Waals surface area contributed by atoms with Crippen molar-refractivity contribution in [3.63, 3.8) is 0 Å². The number of hydrogen-bond donors (Lipinski definition) is 3. The molecule has 3 N–H and O–H groups in total. The van der Waals surface area contributed by atoms with Gasteiger partial charge in [0.05, 0.1) is 12.0 Å². The normalized spacial score (nSPS) is 22.5. The molecule has 1 fully saturated rings. The van der Waals surface area contributed by atoms with E-state index >= 15 is 0 Å². The monoisotopic (exact) mass is 444 g/mol. The van der Waals surface area contributed by atoms with Crippen LogP contribution in [0.5, 0.6) is 0 Å². The molecule has 1 saturated heterocycles. The number of benzene rings is 1. The number of carbonyl (C=O) groups excluding carboxylic acids is 1. The summed E-state index contributed by atoms with van der Waals surface area (Å²) < 4.78 is 5.59. The number of para-hydroxylation sites is 1. The van der Waals surface area contributed by atoms with Crippen molar-refractivity contribution in [3.8, 4) is 0 Å². The van der Waals surface area contributed by atoms with Gasteiger partial charge in [0.15, 0.2) is 5.96 Å². The minimum Gasteiger partial charge on any atom is -0.376 e. The van der Waals surface area contributed by atoms with Crippen molar-refractivity contribution in [1.29, 1.82) is 0 Å². The maximum Gasteiger partial charge on any atom is 0.232 e. The molecule has 0 aromatic heterocycles. The highest BCUT2D eigenvalue weighted by molar-refractivity contribution is 14.0. The van der Waals surface area contributed by atoms with Gasteiger partial charge in [-0.15, -0.1) is 24.0 Å². The van der Waals surface area contributed by atoms with Crippen molar-refractivity contribution < 1.29 is 9.53 Å². The molecule has 132 valence electrons. The standard InChI is InChI=1S/C17H24N4O2.HI/c1-18-17(20-11-12-5-4-10-23-12)19-9-8-14-13-6-2-3-7-15(13)21-16(14)22;/h2-3,6-7,12,14H,4-5,8-11H2,1H3,(H,21,22)(H2,18,19,20);1H. The summed E-state index contributed by atoms with van der Waals surface area (Å²) in [5, 5.41) is 9.49. The molecule has 2 unspecified atom stereocenters. The van der Waals surface area contributed by atoms with Crippen molar-refractivity contribution in [2.45, 2.75) is 31.3 Å². The summed E-state index contributed by atoms with van der Waals surface area (Å²) in [6.45, 7) is 2.32. The zero-order valence-corrected chi connectivity index (χ0v) is 16.2. The van der Waals surface area contributed by atoms with Gasteiger partial charge in [-0.3, -0.25) is 9.79 Å². The fourth-order valence-corrected chi connectivity index (χ4v) is 3.13. The van der Waals surface area contributed by atoms with Gasteiger partial charge in [-0.2, -0.15) is 0 Å². The van der Waals surface area contributed by atoms with Gasteiger partial charge in [-0.05, 0) is 30.9 Å². The second-order valence-corrected chi connectivity index (χ2v) is 5.93. The highest BCUT2D eigenvalue weighted by Crippen LogP contribution is 2.33. The molecule has 0 bridgehead atoms. The zero-order valence-electron chi connectivity index (χ0n) is 13.9.